The Kier molecular flexibility index (Phi) is 2.99. The van der Waals surface area contributed by atoms with Crippen molar-refractivity contribution in [2.24, 2.45) is 5.92 Å². The zero-order valence-corrected chi connectivity index (χ0v) is 6.01. The third-order valence-electron chi connectivity index (χ3n) is 1.26. The van der Waals surface area contributed by atoms with Crippen LogP contribution in [0.25, 0.3) is 0 Å². The van der Waals surface area contributed by atoms with Gasteiger partial charge in [-0.15, -0.1) is 0 Å². The fourth-order valence-electron chi connectivity index (χ4n) is 0.361. The summed E-state index contributed by atoms with van der Waals surface area (Å²) in [6.45, 7) is 5.75. The molecule has 0 aliphatic heterocycles. The van der Waals surface area contributed by atoms with Crippen LogP contribution in [-0.2, 0) is 4.79 Å². The molecule has 0 radical (unpaired) electrons. The number of carbonyl (C=O) groups is 1. The van der Waals surface area contributed by atoms with Crippen molar-refractivity contribution in [3.63, 3.8) is 0 Å². The third kappa shape index (κ3) is 3.76. The largest absolute Gasteiger partial charge is 0.478 e. The number of rotatable bonds is 2. The fraction of sp³-hybridized carbons (Fsp3) is 0.571. The van der Waals surface area contributed by atoms with Gasteiger partial charge in [0, 0.05) is 6.08 Å². The monoisotopic (exact) mass is 128 g/mol. The Bertz CT molecular complexity index is 134. The lowest BCUT2D eigenvalue weighted by molar-refractivity contribution is -0.131. The highest BCUT2D eigenvalue weighted by atomic mass is 16.4. The highest BCUT2D eigenvalue weighted by molar-refractivity contribution is 5.80. The van der Waals surface area contributed by atoms with Crippen LogP contribution in [0, 0.1) is 5.92 Å². The number of carboxylic acids is 1. The van der Waals surface area contributed by atoms with E-state index < -0.39 is 5.97 Å². The summed E-state index contributed by atoms with van der Waals surface area (Å²) in [5.41, 5.74) is 0.905. The maximum absolute atomic E-state index is 10.0. The molecule has 0 aromatic carbocycles. The molecular weight excluding hydrogens is 116 g/mol. The minimum absolute atomic E-state index is 0.334. The van der Waals surface area contributed by atoms with Crippen molar-refractivity contribution in [2.75, 3.05) is 0 Å². The van der Waals surface area contributed by atoms with E-state index in [2.05, 4.69) is 0 Å². The fourth-order valence-corrected chi connectivity index (χ4v) is 0.361. The van der Waals surface area contributed by atoms with Gasteiger partial charge in [0.05, 0.1) is 0 Å². The van der Waals surface area contributed by atoms with Gasteiger partial charge in [0.2, 0.25) is 0 Å². The van der Waals surface area contributed by atoms with Crippen molar-refractivity contribution in [1.82, 2.24) is 0 Å². The van der Waals surface area contributed by atoms with Crippen molar-refractivity contribution >= 4 is 5.97 Å². The highest BCUT2D eigenvalue weighted by Gasteiger charge is 1.97. The van der Waals surface area contributed by atoms with Crippen LogP contribution in [0.5, 0.6) is 0 Å². The van der Waals surface area contributed by atoms with Crippen LogP contribution >= 0.6 is 0 Å². The number of allylic oxidation sites excluding steroid dienone is 1. The maximum atomic E-state index is 10.0. The molecule has 0 unspecified atom stereocenters. The topological polar surface area (TPSA) is 37.3 Å². The molecule has 0 saturated heterocycles. The van der Waals surface area contributed by atoms with Crippen molar-refractivity contribution in [3.8, 4) is 0 Å². The zero-order valence-electron chi connectivity index (χ0n) is 6.01. The van der Waals surface area contributed by atoms with Gasteiger partial charge >= 0.3 is 5.97 Å². The number of aliphatic carboxylic acids is 1. The molecule has 0 atom stereocenters. The summed E-state index contributed by atoms with van der Waals surface area (Å²) >= 11 is 0. The van der Waals surface area contributed by atoms with Crippen molar-refractivity contribution in [3.05, 3.63) is 11.6 Å². The smallest absolute Gasteiger partial charge is 0.328 e. The van der Waals surface area contributed by atoms with Crippen molar-refractivity contribution in [1.29, 1.82) is 0 Å². The third-order valence-corrected chi connectivity index (χ3v) is 1.26. The first-order chi connectivity index (χ1) is 4.04. The molecule has 0 aromatic rings. The molecule has 0 saturated carbocycles. The Labute approximate surface area is 55.2 Å². The molecule has 0 fully saturated rings. The van der Waals surface area contributed by atoms with Crippen LogP contribution in [0.4, 0.5) is 0 Å². The van der Waals surface area contributed by atoms with E-state index in [-0.39, 0.29) is 0 Å². The van der Waals surface area contributed by atoms with E-state index in [1.54, 1.807) is 0 Å². The van der Waals surface area contributed by atoms with E-state index in [4.69, 9.17) is 5.11 Å². The Balaban J connectivity index is 4.00. The molecule has 0 spiro atoms. The van der Waals surface area contributed by atoms with Crippen molar-refractivity contribution in [2.45, 2.75) is 20.8 Å². The lowest BCUT2D eigenvalue weighted by Crippen LogP contribution is -1.94. The highest BCUT2D eigenvalue weighted by Crippen LogP contribution is 2.06. The molecule has 52 valence electrons. The summed E-state index contributed by atoms with van der Waals surface area (Å²) < 4.78 is 0. The molecule has 0 heterocycles. The molecule has 2 nitrogen and oxygen atoms in total. The minimum Gasteiger partial charge on any atom is -0.478 e. The quantitative estimate of drug-likeness (QED) is 0.574. The first-order valence-electron chi connectivity index (χ1n) is 2.95. The Hall–Kier alpha value is -0.790. The van der Waals surface area contributed by atoms with Gasteiger partial charge in [0.1, 0.15) is 0 Å². The Morgan fingerprint density at radius 3 is 2.11 bits per heavy atom. The minimum atomic E-state index is -0.860. The van der Waals surface area contributed by atoms with Gasteiger partial charge in [0.25, 0.3) is 0 Å². The van der Waals surface area contributed by atoms with E-state index in [9.17, 15) is 4.79 Å². The summed E-state index contributed by atoms with van der Waals surface area (Å²) in [5, 5.41) is 8.26. The van der Waals surface area contributed by atoms with Crippen LogP contribution in [0.2, 0.25) is 0 Å². The van der Waals surface area contributed by atoms with Gasteiger partial charge in [-0.25, -0.2) is 4.79 Å². The van der Waals surface area contributed by atoms with E-state index in [0.717, 1.165) is 5.57 Å². The summed E-state index contributed by atoms with van der Waals surface area (Å²) in [5.74, 6) is -0.526. The van der Waals surface area contributed by atoms with Crippen molar-refractivity contribution < 1.29 is 9.90 Å². The Morgan fingerprint density at radius 2 is 2.00 bits per heavy atom. The molecule has 0 aromatic heterocycles. The van der Waals surface area contributed by atoms with E-state index in [1.807, 2.05) is 20.8 Å². The molecule has 2 heteroatoms. The molecule has 0 aliphatic carbocycles. The van der Waals surface area contributed by atoms with E-state index in [1.165, 1.54) is 6.08 Å². The molecule has 1 N–H and O–H groups in total. The van der Waals surface area contributed by atoms with Crippen LogP contribution in [0.1, 0.15) is 20.8 Å². The lowest BCUT2D eigenvalue weighted by Gasteiger charge is -2.00. The molecule has 0 aliphatic rings. The lowest BCUT2D eigenvalue weighted by atomic mass is 10.1. The first-order valence-corrected chi connectivity index (χ1v) is 2.95. The van der Waals surface area contributed by atoms with E-state index in [0.29, 0.717) is 5.92 Å². The summed E-state index contributed by atoms with van der Waals surface area (Å²) in [7, 11) is 0. The number of carboxylic acid groups (broad SMARTS) is 1. The average Bonchev–Trinajstić information content (AvgIpc) is 1.63. The number of hydrogen-bond donors (Lipinski definition) is 1. The first kappa shape index (κ1) is 8.21. The molecule has 9 heavy (non-hydrogen) atoms. The van der Waals surface area contributed by atoms with Gasteiger partial charge < -0.3 is 5.11 Å². The van der Waals surface area contributed by atoms with Gasteiger partial charge in [-0.1, -0.05) is 19.4 Å². The van der Waals surface area contributed by atoms with Crippen LogP contribution in [-0.4, -0.2) is 11.1 Å². The van der Waals surface area contributed by atoms with Gasteiger partial charge in [0.15, 0.2) is 0 Å². The molecule has 0 bridgehead atoms. The van der Waals surface area contributed by atoms with Gasteiger partial charge in [-0.05, 0) is 12.8 Å². The van der Waals surface area contributed by atoms with E-state index >= 15 is 0 Å². The van der Waals surface area contributed by atoms with Crippen LogP contribution in [0.3, 0.4) is 0 Å². The Morgan fingerprint density at radius 1 is 1.56 bits per heavy atom. The number of hydrogen-bond acceptors (Lipinski definition) is 1. The van der Waals surface area contributed by atoms with Gasteiger partial charge in [-0.3, -0.25) is 0 Å². The standard InChI is InChI=1S/C7H12O2/c1-5(2)6(3)4-7(8)9/h4-5H,1-3H3,(H,8,9)/b6-4-. The normalized spacial score (nSPS) is 12.2. The molecule has 0 amide bonds. The predicted octanol–water partition coefficient (Wildman–Crippen LogP) is 1.67. The van der Waals surface area contributed by atoms with Crippen LogP contribution < -0.4 is 0 Å². The average molecular weight is 128 g/mol. The second-order valence-corrected chi connectivity index (χ2v) is 2.38. The zero-order chi connectivity index (χ0) is 7.44. The second kappa shape index (κ2) is 3.28. The van der Waals surface area contributed by atoms with Crippen LogP contribution in [0.15, 0.2) is 11.6 Å². The molecular formula is C7H12O2. The molecule has 0 rings (SSSR count). The second-order valence-electron chi connectivity index (χ2n) is 2.38. The summed E-state index contributed by atoms with van der Waals surface area (Å²) in [4.78, 5) is 10.0. The summed E-state index contributed by atoms with van der Waals surface area (Å²) in [6, 6.07) is 0. The SMILES string of the molecule is C/C(=C/C(=O)O)C(C)C. The predicted molar refractivity (Wildman–Crippen MR) is 36.2 cm³/mol. The van der Waals surface area contributed by atoms with Gasteiger partial charge in [-0.2, -0.15) is 0 Å². The summed E-state index contributed by atoms with van der Waals surface area (Å²) in [6.07, 6.45) is 1.24. The maximum Gasteiger partial charge on any atom is 0.328 e.